The van der Waals surface area contributed by atoms with Gasteiger partial charge in [0.1, 0.15) is 0 Å². The maximum atomic E-state index is 4.80. The fraction of sp³-hybridized carbons (Fsp3) is 0.0769. The van der Waals surface area contributed by atoms with E-state index in [1.165, 1.54) is 21.2 Å². The predicted molar refractivity (Wildman–Crippen MR) is 143 cm³/mol. The molecule has 0 nitrogen and oxygen atoms in total. The van der Waals surface area contributed by atoms with E-state index in [4.69, 9.17) is 11.7 Å². The number of benzene rings is 4. The van der Waals surface area contributed by atoms with Gasteiger partial charge in [0.05, 0.1) is 0 Å². The molecule has 0 saturated heterocycles. The predicted octanol–water partition coefficient (Wildman–Crippen LogP) is 6.16. The number of hydrogen-bond acceptors (Lipinski definition) is 2. The lowest BCUT2D eigenvalue weighted by Crippen LogP contribution is -2.25. The fourth-order valence-electron chi connectivity index (χ4n) is 3.55. The van der Waals surface area contributed by atoms with E-state index in [9.17, 15) is 0 Å². The molecule has 0 aliphatic rings. The molecule has 4 rings (SSSR count). The highest BCUT2D eigenvalue weighted by Crippen LogP contribution is 2.51. The molecule has 0 aromatic heterocycles. The van der Waals surface area contributed by atoms with Crippen molar-refractivity contribution >= 4 is 59.5 Å². The largest absolute Gasteiger partial charge is 0.111 e. The van der Waals surface area contributed by atoms with Gasteiger partial charge in [-0.3, -0.25) is 0 Å². The normalized spacial score (nSPS) is 12.2. The van der Waals surface area contributed by atoms with Crippen LogP contribution in [0.5, 0.6) is 0 Å². The molecule has 4 aromatic carbocycles. The molecule has 30 heavy (non-hydrogen) atoms. The Labute approximate surface area is 191 Å². The van der Waals surface area contributed by atoms with Gasteiger partial charge in [0.25, 0.3) is 0 Å². The Hall–Kier alpha value is -1.56. The minimum Gasteiger partial charge on any atom is -0.111 e. The Balaban J connectivity index is 1.74. The zero-order valence-electron chi connectivity index (χ0n) is 16.6. The maximum Gasteiger partial charge on any atom is 0.0475 e. The van der Waals surface area contributed by atoms with Crippen LogP contribution in [0.25, 0.3) is 0 Å². The fourth-order valence-corrected chi connectivity index (χ4v) is 12.0. The van der Waals surface area contributed by atoms with E-state index in [2.05, 4.69) is 121 Å². The first kappa shape index (κ1) is 21.7. The van der Waals surface area contributed by atoms with Gasteiger partial charge in [-0.15, -0.1) is 11.7 Å². The minimum atomic E-state index is -0.525. The van der Waals surface area contributed by atoms with Crippen LogP contribution < -0.4 is 21.2 Å². The highest BCUT2D eigenvalue weighted by atomic mass is 33.1. The van der Waals surface area contributed by atoms with Crippen LogP contribution in [0.3, 0.4) is 0 Å². The summed E-state index contributed by atoms with van der Waals surface area (Å²) in [6.45, 7) is 0. The molecule has 1 atom stereocenters. The van der Waals surface area contributed by atoms with Crippen molar-refractivity contribution in [2.45, 2.75) is 4.99 Å². The third kappa shape index (κ3) is 5.37. The van der Waals surface area contributed by atoms with Crippen LogP contribution in [0.1, 0.15) is 0 Å². The van der Waals surface area contributed by atoms with Crippen molar-refractivity contribution in [1.82, 2.24) is 0 Å². The summed E-state index contributed by atoms with van der Waals surface area (Å²) in [6, 6.07) is 43.9. The van der Waals surface area contributed by atoms with Crippen molar-refractivity contribution in [3.05, 3.63) is 121 Å². The average molecular weight is 463 g/mol. The summed E-state index contributed by atoms with van der Waals surface area (Å²) in [5.41, 5.74) is 0. The Bertz CT molecular complexity index is 933. The molecule has 0 heterocycles. The van der Waals surface area contributed by atoms with Crippen molar-refractivity contribution < 1.29 is 0 Å². The van der Waals surface area contributed by atoms with Gasteiger partial charge in [-0.25, -0.2) is 0 Å². The van der Waals surface area contributed by atoms with Crippen LogP contribution in [0.4, 0.5) is 0 Å². The molecule has 4 heteroatoms. The summed E-state index contributed by atoms with van der Waals surface area (Å²) in [7, 11) is 0.737. The molecule has 0 saturated carbocycles. The number of rotatable bonds is 8. The second-order valence-corrected chi connectivity index (χ2v) is 13.3. The first-order chi connectivity index (χ1) is 14.9. The Morgan fingerprint density at radius 3 is 1.20 bits per heavy atom. The van der Waals surface area contributed by atoms with E-state index in [1.54, 1.807) is 10.8 Å². The van der Waals surface area contributed by atoms with E-state index in [1.807, 2.05) is 0 Å². The number of hydrogen-bond donors (Lipinski definition) is 1. The van der Waals surface area contributed by atoms with Crippen molar-refractivity contribution in [2.75, 3.05) is 6.16 Å². The minimum absolute atomic E-state index is 0.416. The van der Waals surface area contributed by atoms with Gasteiger partial charge in [0, 0.05) is 4.99 Å². The van der Waals surface area contributed by atoms with E-state index >= 15 is 0 Å². The van der Waals surface area contributed by atoms with Crippen LogP contribution in [0.2, 0.25) is 0 Å². The van der Waals surface area contributed by atoms with Crippen molar-refractivity contribution in [3.8, 4) is 0 Å². The summed E-state index contributed by atoms with van der Waals surface area (Å²) in [5, 5.41) is 5.70. The van der Waals surface area contributed by atoms with Gasteiger partial charge >= 0.3 is 0 Å². The summed E-state index contributed by atoms with van der Waals surface area (Å²) in [5.74, 6) is 0. The molecule has 4 aromatic rings. The highest BCUT2D eigenvalue weighted by molar-refractivity contribution is 8.70. The zero-order chi connectivity index (χ0) is 20.6. The van der Waals surface area contributed by atoms with Crippen LogP contribution >= 0.6 is 38.3 Å². The van der Waals surface area contributed by atoms with Crippen LogP contribution in [0, 0.1) is 0 Å². The van der Waals surface area contributed by atoms with E-state index in [0.29, 0.717) is 4.99 Å². The molecule has 0 spiro atoms. The lowest BCUT2D eigenvalue weighted by Gasteiger charge is -2.30. The first-order valence-corrected chi connectivity index (χ1v) is 14.8. The van der Waals surface area contributed by atoms with Crippen LogP contribution in [-0.2, 0) is 0 Å². The molecule has 0 N–H and O–H groups in total. The van der Waals surface area contributed by atoms with Gasteiger partial charge in [-0.1, -0.05) is 132 Å². The smallest absolute Gasteiger partial charge is 0.0475 e. The standard InChI is InChI=1S/C26H24P2S2/c29-30-26(28(24-17-9-3-10-18-24)25-19-11-4-12-20-25)21-27(22-13-5-1-6-14-22)23-15-7-2-8-16-23/h1-20,26,29H,21H2. The molecular weight excluding hydrogens is 438 g/mol. The Kier molecular flexibility index (Phi) is 8.07. The van der Waals surface area contributed by atoms with E-state index < -0.39 is 15.8 Å². The molecule has 0 aliphatic heterocycles. The Morgan fingerprint density at radius 1 is 0.533 bits per heavy atom. The van der Waals surface area contributed by atoms with Gasteiger partial charge in [-0.2, -0.15) is 0 Å². The lowest BCUT2D eigenvalue weighted by molar-refractivity contribution is 1.42. The summed E-state index contributed by atoms with van der Waals surface area (Å²) >= 11 is 4.80. The summed E-state index contributed by atoms with van der Waals surface area (Å²) in [6.07, 6.45) is 1.10. The molecule has 0 amide bonds. The van der Waals surface area contributed by atoms with Crippen LogP contribution in [0.15, 0.2) is 121 Å². The van der Waals surface area contributed by atoms with Gasteiger partial charge in [0.15, 0.2) is 0 Å². The van der Waals surface area contributed by atoms with E-state index in [-0.39, 0.29) is 0 Å². The molecule has 0 fully saturated rings. The van der Waals surface area contributed by atoms with Crippen molar-refractivity contribution in [3.63, 3.8) is 0 Å². The molecule has 0 aliphatic carbocycles. The van der Waals surface area contributed by atoms with Gasteiger partial charge in [-0.05, 0) is 43.2 Å². The maximum absolute atomic E-state index is 4.80. The lowest BCUT2D eigenvalue weighted by atomic mass is 10.4. The van der Waals surface area contributed by atoms with Gasteiger partial charge in [0.2, 0.25) is 0 Å². The molecular formula is C26H24P2S2. The quantitative estimate of drug-likeness (QED) is 0.186. The first-order valence-electron chi connectivity index (χ1n) is 9.94. The molecule has 0 bridgehead atoms. The third-order valence-electron chi connectivity index (χ3n) is 4.95. The molecule has 150 valence electrons. The number of thiol groups is 1. The third-order valence-corrected chi connectivity index (χ3v) is 13.1. The average Bonchev–Trinajstić information content (AvgIpc) is 2.84. The molecule has 1 unspecified atom stereocenters. The second-order valence-electron chi connectivity index (χ2n) is 6.88. The topological polar surface area (TPSA) is 0 Å². The monoisotopic (exact) mass is 462 g/mol. The van der Waals surface area contributed by atoms with Gasteiger partial charge < -0.3 is 0 Å². The zero-order valence-corrected chi connectivity index (χ0v) is 20.1. The highest BCUT2D eigenvalue weighted by Gasteiger charge is 2.28. The van der Waals surface area contributed by atoms with E-state index in [0.717, 1.165) is 6.16 Å². The molecule has 0 radical (unpaired) electrons. The summed E-state index contributed by atoms with van der Waals surface area (Å²) in [4.78, 5) is 0.416. The summed E-state index contributed by atoms with van der Waals surface area (Å²) < 4.78 is 0. The van der Waals surface area contributed by atoms with Crippen molar-refractivity contribution in [2.24, 2.45) is 0 Å². The van der Waals surface area contributed by atoms with Crippen LogP contribution in [-0.4, -0.2) is 11.2 Å². The van der Waals surface area contributed by atoms with Crippen molar-refractivity contribution in [1.29, 1.82) is 0 Å². The SMILES string of the molecule is SSC(CP(c1ccccc1)c1ccccc1)P(c1ccccc1)c1ccccc1. The Morgan fingerprint density at radius 2 is 0.867 bits per heavy atom. The second kappa shape index (κ2) is 11.2.